The zero-order valence-corrected chi connectivity index (χ0v) is 13.1. The zero-order valence-electron chi connectivity index (χ0n) is 13.1. The smallest absolute Gasteiger partial charge is 0.254 e. The number of hydrogen-bond acceptors (Lipinski definition) is 5. The third-order valence-corrected chi connectivity index (χ3v) is 4.20. The zero-order chi connectivity index (χ0) is 16.7. The molecule has 7 heteroatoms. The van der Waals surface area contributed by atoms with Gasteiger partial charge in [-0.15, -0.1) is 0 Å². The number of imidazole rings is 1. The molecular weight excluding hydrogens is 308 g/mol. The predicted octanol–water partition coefficient (Wildman–Crippen LogP) is 2.06. The van der Waals surface area contributed by atoms with Crippen LogP contribution in [0.1, 0.15) is 22.3 Å². The number of nitrogens with zero attached hydrogens (tertiary/aromatic N) is 2. The maximum Gasteiger partial charge on any atom is 0.254 e. The Labute approximate surface area is 137 Å². The molecule has 0 atom stereocenters. The molecule has 1 aliphatic rings. The van der Waals surface area contributed by atoms with Crippen molar-refractivity contribution in [2.24, 2.45) is 5.73 Å². The molecule has 7 nitrogen and oxygen atoms in total. The molecule has 24 heavy (non-hydrogen) atoms. The van der Waals surface area contributed by atoms with Crippen LogP contribution in [0.5, 0.6) is 11.6 Å². The number of H-pyrrole nitrogens is 1. The molecule has 122 valence electrons. The molecule has 1 aromatic carbocycles. The first kappa shape index (κ1) is 14.5. The summed E-state index contributed by atoms with van der Waals surface area (Å²) in [6.45, 7) is 0.699. The molecule has 0 radical (unpaired) electrons. The minimum atomic E-state index is -0.565. The normalized spacial score (nSPS) is 13.4. The molecule has 3 N–H and O–H groups in total. The first-order valence-corrected chi connectivity index (χ1v) is 7.65. The van der Waals surface area contributed by atoms with Gasteiger partial charge in [0.2, 0.25) is 5.88 Å². The van der Waals surface area contributed by atoms with E-state index in [0.717, 1.165) is 29.5 Å². The molecule has 1 aliphatic heterocycles. The number of nitrogens with one attached hydrogen (secondary N) is 1. The molecule has 0 saturated heterocycles. The minimum Gasteiger partial charge on any atom is -0.496 e. The lowest BCUT2D eigenvalue weighted by atomic mass is 9.99. The maximum atomic E-state index is 11.8. The van der Waals surface area contributed by atoms with Gasteiger partial charge in [-0.3, -0.25) is 4.79 Å². The van der Waals surface area contributed by atoms with Gasteiger partial charge in [-0.2, -0.15) is 0 Å². The van der Waals surface area contributed by atoms with Gasteiger partial charge >= 0.3 is 0 Å². The summed E-state index contributed by atoms with van der Waals surface area (Å²) in [6, 6.07) is 3.82. The second-order valence-corrected chi connectivity index (χ2v) is 5.63. The van der Waals surface area contributed by atoms with E-state index in [1.165, 1.54) is 13.4 Å². The summed E-state index contributed by atoms with van der Waals surface area (Å²) in [5, 5.41) is 0. The first-order chi connectivity index (χ1) is 11.7. The molecular formula is C17H16N4O3. The Bertz CT molecular complexity index is 948. The number of pyridine rings is 1. The largest absolute Gasteiger partial charge is 0.496 e. The lowest BCUT2D eigenvalue weighted by Crippen LogP contribution is -2.13. The number of primary amides is 1. The summed E-state index contributed by atoms with van der Waals surface area (Å²) < 4.78 is 10.9. The first-order valence-electron chi connectivity index (χ1n) is 7.65. The highest BCUT2D eigenvalue weighted by atomic mass is 16.5. The Kier molecular flexibility index (Phi) is 3.34. The number of aromatic amines is 1. The number of carbonyl (C=O) groups excluding carboxylic acids is 1. The number of fused-ring (bicyclic) bond motifs is 2. The van der Waals surface area contributed by atoms with Crippen molar-refractivity contribution in [3.63, 3.8) is 0 Å². The van der Waals surface area contributed by atoms with Crippen molar-refractivity contribution < 1.29 is 14.3 Å². The number of benzene rings is 1. The standard InChI is InChI=1S/C17H16N4O3/c1-23-12-6-11(14-15(21-8-20-14)13(12)16(18)22)10-5-9-3-2-4-24-17(9)19-7-10/h5-8H,2-4H2,1H3,(H2,18,22)(H,20,21). The van der Waals surface area contributed by atoms with E-state index in [1.54, 1.807) is 12.3 Å². The third kappa shape index (κ3) is 2.17. The summed E-state index contributed by atoms with van der Waals surface area (Å²) >= 11 is 0. The summed E-state index contributed by atoms with van der Waals surface area (Å²) in [4.78, 5) is 23.5. The van der Waals surface area contributed by atoms with Crippen LogP contribution in [-0.4, -0.2) is 34.6 Å². The van der Waals surface area contributed by atoms with Gasteiger partial charge in [-0.25, -0.2) is 9.97 Å². The SMILES string of the molecule is COc1cc(-c2cnc3c(c2)CCCO3)c2nc[nH]c2c1C(N)=O. The molecule has 0 unspecified atom stereocenters. The fourth-order valence-electron chi connectivity index (χ4n) is 3.10. The highest BCUT2D eigenvalue weighted by molar-refractivity contribution is 6.10. The average Bonchev–Trinajstić information content (AvgIpc) is 3.08. The van der Waals surface area contributed by atoms with E-state index in [4.69, 9.17) is 15.2 Å². The lowest BCUT2D eigenvalue weighted by Gasteiger charge is -2.17. The Balaban J connectivity index is 1.96. The van der Waals surface area contributed by atoms with Crippen molar-refractivity contribution in [3.05, 3.63) is 35.8 Å². The van der Waals surface area contributed by atoms with E-state index in [2.05, 4.69) is 15.0 Å². The number of aromatic nitrogens is 3. The second kappa shape index (κ2) is 5.52. The predicted molar refractivity (Wildman–Crippen MR) is 88.2 cm³/mol. The van der Waals surface area contributed by atoms with E-state index in [0.29, 0.717) is 34.8 Å². The highest BCUT2D eigenvalue weighted by Gasteiger charge is 2.21. The number of aryl methyl sites for hydroxylation is 1. The molecule has 1 amide bonds. The molecule has 3 heterocycles. The number of hydrogen-bond donors (Lipinski definition) is 2. The molecule has 0 aliphatic carbocycles. The summed E-state index contributed by atoms with van der Waals surface area (Å²) in [5.74, 6) is 0.525. The molecule has 3 aromatic rings. The molecule has 0 spiro atoms. The molecule has 0 bridgehead atoms. The monoisotopic (exact) mass is 324 g/mol. The van der Waals surface area contributed by atoms with Crippen LogP contribution in [0, 0.1) is 0 Å². The summed E-state index contributed by atoms with van der Waals surface area (Å²) in [7, 11) is 1.51. The van der Waals surface area contributed by atoms with Gasteiger partial charge in [0, 0.05) is 22.9 Å². The minimum absolute atomic E-state index is 0.294. The van der Waals surface area contributed by atoms with Gasteiger partial charge in [0.1, 0.15) is 11.3 Å². The second-order valence-electron chi connectivity index (χ2n) is 5.63. The quantitative estimate of drug-likeness (QED) is 0.767. The number of ether oxygens (including phenoxy) is 2. The number of amides is 1. The lowest BCUT2D eigenvalue weighted by molar-refractivity contribution is 0.0999. The van der Waals surface area contributed by atoms with Gasteiger partial charge in [-0.05, 0) is 25.0 Å². The van der Waals surface area contributed by atoms with Crippen LogP contribution in [-0.2, 0) is 6.42 Å². The summed E-state index contributed by atoms with van der Waals surface area (Å²) in [5.41, 5.74) is 9.80. The van der Waals surface area contributed by atoms with Gasteiger partial charge < -0.3 is 20.2 Å². The van der Waals surface area contributed by atoms with Crippen molar-refractivity contribution in [1.82, 2.24) is 15.0 Å². The van der Waals surface area contributed by atoms with Crippen LogP contribution in [0.25, 0.3) is 22.2 Å². The number of nitrogens with two attached hydrogens (primary N) is 1. The molecule has 0 fully saturated rings. The number of methoxy groups -OCH3 is 1. The molecule has 2 aromatic heterocycles. The molecule has 0 saturated carbocycles. The topological polar surface area (TPSA) is 103 Å². The average molecular weight is 324 g/mol. The Morgan fingerprint density at radius 3 is 3.04 bits per heavy atom. The van der Waals surface area contributed by atoms with Crippen molar-refractivity contribution >= 4 is 16.9 Å². The fraction of sp³-hybridized carbons (Fsp3) is 0.235. The van der Waals surface area contributed by atoms with Crippen molar-refractivity contribution in [1.29, 1.82) is 0 Å². The maximum absolute atomic E-state index is 11.8. The van der Waals surface area contributed by atoms with Crippen LogP contribution in [0.15, 0.2) is 24.7 Å². The van der Waals surface area contributed by atoms with Gasteiger partial charge in [-0.1, -0.05) is 0 Å². The van der Waals surface area contributed by atoms with E-state index in [1.807, 2.05) is 6.07 Å². The fourth-order valence-corrected chi connectivity index (χ4v) is 3.10. The highest BCUT2D eigenvalue weighted by Crippen LogP contribution is 2.36. The van der Waals surface area contributed by atoms with Crippen LogP contribution < -0.4 is 15.2 Å². The Hall–Kier alpha value is -3.09. The van der Waals surface area contributed by atoms with Crippen molar-refractivity contribution in [2.45, 2.75) is 12.8 Å². The van der Waals surface area contributed by atoms with E-state index < -0.39 is 5.91 Å². The number of carbonyl (C=O) groups is 1. The van der Waals surface area contributed by atoms with Crippen LogP contribution >= 0.6 is 0 Å². The van der Waals surface area contributed by atoms with Crippen LogP contribution in [0.3, 0.4) is 0 Å². The third-order valence-electron chi connectivity index (χ3n) is 4.20. The van der Waals surface area contributed by atoms with E-state index >= 15 is 0 Å². The Morgan fingerprint density at radius 2 is 2.25 bits per heavy atom. The van der Waals surface area contributed by atoms with E-state index in [9.17, 15) is 4.79 Å². The van der Waals surface area contributed by atoms with Gasteiger partial charge in [0.25, 0.3) is 5.91 Å². The summed E-state index contributed by atoms with van der Waals surface area (Å²) in [6.07, 6.45) is 5.18. The van der Waals surface area contributed by atoms with Gasteiger partial charge in [0.05, 0.1) is 31.1 Å². The van der Waals surface area contributed by atoms with Gasteiger partial charge in [0.15, 0.2) is 0 Å². The van der Waals surface area contributed by atoms with Crippen LogP contribution in [0.2, 0.25) is 0 Å². The number of rotatable bonds is 3. The van der Waals surface area contributed by atoms with Crippen LogP contribution in [0.4, 0.5) is 0 Å². The Morgan fingerprint density at radius 1 is 1.38 bits per heavy atom. The van der Waals surface area contributed by atoms with Crippen molar-refractivity contribution in [3.8, 4) is 22.8 Å². The molecule has 4 rings (SSSR count). The van der Waals surface area contributed by atoms with E-state index in [-0.39, 0.29) is 0 Å². The van der Waals surface area contributed by atoms with Crippen molar-refractivity contribution in [2.75, 3.05) is 13.7 Å².